The highest BCUT2D eigenvalue weighted by Gasteiger charge is 2.25. The summed E-state index contributed by atoms with van der Waals surface area (Å²) in [6.07, 6.45) is 4.47. The Hall–Kier alpha value is -3.34. The molecule has 0 saturated heterocycles. The second kappa shape index (κ2) is 9.13. The van der Waals surface area contributed by atoms with Crippen LogP contribution >= 0.6 is 11.6 Å². The zero-order valence-electron chi connectivity index (χ0n) is 18.1. The number of hydrogen-bond acceptors (Lipinski definition) is 6. The highest BCUT2D eigenvalue weighted by molar-refractivity contribution is 6.28. The molecule has 0 unspecified atom stereocenters. The number of benzene rings is 1. The number of rotatable bonds is 7. The van der Waals surface area contributed by atoms with Crippen LogP contribution in [0.5, 0.6) is 0 Å². The van der Waals surface area contributed by atoms with Crippen LogP contribution in [0, 0.1) is 11.6 Å². The van der Waals surface area contributed by atoms with Crippen molar-refractivity contribution < 1.29 is 13.3 Å². The number of imidazole rings is 1. The van der Waals surface area contributed by atoms with E-state index in [0.29, 0.717) is 18.7 Å². The first kappa shape index (κ1) is 22.5. The van der Waals surface area contributed by atoms with Gasteiger partial charge in [-0.1, -0.05) is 24.1 Å². The van der Waals surface area contributed by atoms with E-state index in [-0.39, 0.29) is 46.8 Å². The molecule has 12 heteroatoms. The summed E-state index contributed by atoms with van der Waals surface area (Å²) in [5, 5.41) is 3.90. The van der Waals surface area contributed by atoms with Crippen molar-refractivity contribution in [3.05, 3.63) is 73.2 Å². The van der Waals surface area contributed by atoms with Crippen LogP contribution < -0.4 is 11.2 Å². The lowest BCUT2D eigenvalue weighted by molar-refractivity contribution is 0.366. The Kier molecular flexibility index (Phi) is 6.03. The fourth-order valence-electron chi connectivity index (χ4n) is 4.48. The van der Waals surface area contributed by atoms with Crippen molar-refractivity contribution in [3.8, 4) is 0 Å². The Morgan fingerprint density at radius 2 is 1.97 bits per heavy atom. The molecule has 1 aromatic carbocycles. The third-order valence-electron chi connectivity index (χ3n) is 6.12. The maximum Gasteiger partial charge on any atom is 0.333 e. The molecule has 0 amide bonds. The van der Waals surface area contributed by atoms with E-state index in [1.165, 1.54) is 16.7 Å². The molecule has 1 fully saturated rings. The summed E-state index contributed by atoms with van der Waals surface area (Å²) in [5.41, 5.74) is -0.146. The van der Waals surface area contributed by atoms with Gasteiger partial charge in [-0.25, -0.2) is 13.6 Å². The van der Waals surface area contributed by atoms with E-state index in [1.54, 1.807) is 4.57 Å². The van der Waals surface area contributed by atoms with Crippen molar-refractivity contribution in [2.45, 2.75) is 57.5 Å². The van der Waals surface area contributed by atoms with Gasteiger partial charge in [0.2, 0.25) is 11.2 Å². The molecule has 0 aliphatic heterocycles. The van der Waals surface area contributed by atoms with Crippen LogP contribution in [0.3, 0.4) is 0 Å². The number of aromatic nitrogens is 6. The number of aryl methyl sites for hydroxylation is 1. The predicted octanol–water partition coefficient (Wildman–Crippen LogP) is 3.54. The molecule has 1 aliphatic rings. The molecule has 9 nitrogen and oxygen atoms in total. The van der Waals surface area contributed by atoms with E-state index in [4.69, 9.17) is 16.1 Å². The lowest BCUT2D eigenvalue weighted by Gasteiger charge is -2.16. The molecule has 0 bridgehead atoms. The van der Waals surface area contributed by atoms with Crippen LogP contribution in [-0.4, -0.2) is 29.2 Å². The van der Waals surface area contributed by atoms with Crippen LogP contribution in [0.15, 0.2) is 32.3 Å². The highest BCUT2D eigenvalue weighted by atomic mass is 35.5. The zero-order valence-corrected chi connectivity index (χ0v) is 18.8. The van der Waals surface area contributed by atoms with E-state index in [2.05, 4.69) is 20.1 Å². The first-order valence-electron chi connectivity index (χ1n) is 11.1. The van der Waals surface area contributed by atoms with Gasteiger partial charge in [0.15, 0.2) is 17.0 Å². The van der Waals surface area contributed by atoms with E-state index in [0.717, 1.165) is 31.7 Å². The van der Waals surface area contributed by atoms with Crippen LogP contribution in [0.1, 0.15) is 55.4 Å². The van der Waals surface area contributed by atoms with E-state index in [9.17, 15) is 18.4 Å². The highest BCUT2D eigenvalue weighted by Crippen LogP contribution is 2.30. The van der Waals surface area contributed by atoms with Crippen molar-refractivity contribution in [2.75, 3.05) is 0 Å². The van der Waals surface area contributed by atoms with E-state index >= 15 is 0 Å². The Morgan fingerprint density at radius 1 is 1.18 bits per heavy atom. The fraction of sp³-hybridized carbons (Fsp3) is 0.409. The van der Waals surface area contributed by atoms with Gasteiger partial charge in [0.25, 0.3) is 5.56 Å². The molecule has 5 rings (SSSR count). The summed E-state index contributed by atoms with van der Waals surface area (Å²) >= 11 is 6.00. The molecule has 0 spiro atoms. The Bertz CT molecular complexity index is 1470. The second-order valence-electron chi connectivity index (χ2n) is 8.39. The third-order valence-corrected chi connectivity index (χ3v) is 6.30. The zero-order chi connectivity index (χ0) is 23.8. The van der Waals surface area contributed by atoms with Crippen molar-refractivity contribution in [3.63, 3.8) is 0 Å². The lowest BCUT2D eigenvalue weighted by atomic mass is 10.1. The number of H-pyrrole nitrogens is 1. The summed E-state index contributed by atoms with van der Waals surface area (Å²) in [7, 11) is 0. The van der Waals surface area contributed by atoms with Crippen LogP contribution in [0.25, 0.3) is 11.2 Å². The molecule has 34 heavy (non-hydrogen) atoms. The van der Waals surface area contributed by atoms with Crippen molar-refractivity contribution >= 4 is 22.8 Å². The number of fused-ring (bicyclic) bond motifs is 1. The van der Waals surface area contributed by atoms with Gasteiger partial charge in [0.05, 0.1) is 0 Å². The summed E-state index contributed by atoms with van der Waals surface area (Å²) in [6, 6.07) is 3.28. The van der Waals surface area contributed by atoms with Gasteiger partial charge in [-0.2, -0.15) is 9.97 Å². The summed E-state index contributed by atoms with van der Waals surface area (Å²) in [4.78, 5) is 37.3. The summed E-state index contributed by atoms with van der Waals surface area (Å²) in [5.74, 6) is -0.784. The first-order chi connectivity index (χ1) is 16.4. The lowest BCUT2D eigenvalue weighted by Crippen LogP contribution is -2.41. The molecule has 1 N–H and O–H groups in total. The summed E-state index contributed by atoms with van der Waals surface area (Å²) < 4.78 is 34.9. The van der Waals surface area contributed by atoms with Crippen LogP contribution in [0.2, 0.25) is 5.28 Å². The van der Waals surface area contributed by atoms with E-state index in [1.807, 2.05) is 0 Å². The van der Waals surface area contributed by atoms with Crippen molar-refractivity contribution in [1.29, 1.82) is 0 Å². The topological polar surface area (TPSA) is 112 Å². The minimum Gasteiger partial charge on any atom is -0.339 e. The fourth-order valence-corrected chi connectivity index (χ4v) is 4.65. The maximum atomic E-state index is 13.9. The molecular formula is C22H21ClF2N6O3. The molecule has 1 aliphatic carbocycles. The van der Waals surface area contributed by atoms with Gasteiger partial charge < -0.3 is 9.51 Å². The van der Waals surface area contributed by atoms with Gasteiger partial charge in [0.1, 0.15) is 11.6 Å². The smallest absolute Gasteiger partial charge is 0.333 e. The largest absolute Gasteiger partial charge is 0.339 e. The number of nitrogens with zero attached hydrogens (tertiary/aromatic N) is 5. The quantitative estimate of drug-likeness (QED) is 0.397. The Labute approximate surface area is 196 Å². The standard InChI is InChI=1S/C22H21ClF2N6O3/c23-21-27-18-19(28-21)31(14-4-1-2-5-14)22(33)30(20(18)32)9-3-6-17-26-16(29-34-17)10-12-7-8-13(24)11-15(12)25/h7-8,11,14H,1-6,9-10H2,(H,27,28). The van der Waals surface area contributed by atoms with E-state index < -0.39 is 22.9 Å². The first-order valence-corrected chi connectivity index (χ1v) is 11.4. The number of nitrogens with one attached hydrogen (secondary N) is 1. The number of hydrogen-bond donors (Lipinski definition) is 1. The second-order valence-corrected chi connectivity index (χ2v) is 8.75. The van der Waals surface area contributed by atoms with Gasteiger partial charge in [-0.15, -0.1) is 0 Å². The minimum atomic E-state index is -0.682. The molecule has 1 saturated carbocycles. The normalized spacial score (nSPS) is 14.4. The molecule has 0 atom stereocenters. The predicted molar refractivity (Wildman–Crippen MR) is 119 cm³/mol. The van der Waals surface area contributed by atoms with Gasteiger partial charge in [0, 0.05) is 31.5 Å². The van der Waals surface area contributed by atoms with Crippen LogP contribution in [0.4, 0.5) is 8.78 Å². The van der Waals surface area contributed by atoms with Gasteiger partial charge in [-0.3, -0.25) is 13.9 Å². The third kappa shape index (κ3) is 4.27. The van der Waals surface area contributed by atoms with Crippen molar-refractivity contribution in [2.24, 2.45) is 0 Å². The summed E-state index contributed by atoms with van der Waals surface area (Å²) in [6.45, 7) is 0.140. The monoisotopic (exact) mass is 490 g/mol. The Balaban J connectivity index is 1.33. The molecule has 0 radical (unpaired) electrons. The van der Waals surface area contributed by atoms with Gasteiger partial charge >= 0.3 is 5.69 Å². The molecule has 3 heterocycles. The van der Waals surface area contributed by atoms with Gasteiger partial charge in [-0.05, 0) is 42.5 Å². The molecular weight excluding hydrogens is 470 g/mol. The number of aromatic amines is 1. The maximum absolute atomic E-state index is 13.9. The average Bonchev–Trinajstić information content (AvgIpc) is 3.55. The van der Waals surface area contributed by atoms with Crippen molar-refractivity contribution in [1.82, 2.24) is 29.2 Å². The van der Waals surface area contributed by atoms with Crippen LogP contribution in [-0.2, 0) is 19.4 Å². The number of halogens is 3. The molecule has 4 aromatic rings. The Morgan fingerprint density at radius 3 is 2.74 bits per heavy atom. The average molecular weight is 491 g/mol. The minimum absolute atomic E-state index is 0.0217. The molecule has 178 valence electrons. The molecule has 3 aromatic heterocycles. The SMILES string of the molecule is O=c1c2[nH]c(Cl)nc2n(C2CCCC2)c(=O)n1CCCc1nc(Cc2ccc(F)cc2F)no1.